The van der Waals surface area contributed by atoms with E-state index in [1.807, 2.05) is 6.92 Å². The summed E-state index contributed by atoms with van der Waals surface area (Å²) in [5, 5.41) is 0. The maximum absolute atomic E-state index is 5.90. The van der Waals surface area contributed by atoms with Crippen molar-refractivity contribution >= 4 is 11.6 Å². The molecule has 1 aliphatic carbocycles. The molecule has 0 amide bonds. The van der Waals surface area contributed by atoms with Crippen molar-refractivity contribution in [1.82, 2.24) is 0 Å². The van der Waals surface area contributed by atoms with Crippen LogP contribution in [0.5, 0.6) is 0 Å². The Bertz CT molecular complexity index is 144. The van der Waals surface area contributed by atoms with Gasteiger partial charge in [-0.15, -0.1) is 11.6 Å². The molecule has 0 aromatic rings. The van der Waals surface area contributed by atoms with Crippen molar-refractivity contribution in [2.45, 2.75) is 27.2 Å². The second kappa shape index (κ2) is 2.95. The van der Waals surface area contributed by atoms with Crippen molar-refractivity contribution in [3.05, 3.63) is 0 Å². The molecule has 2 heteroatoms. The first-order valence-electron chi connectivity index (χ1n) is 4.22. The zero-order chi connectivity index (χ0) is 8.54. The minimum Gasteiger partial charge on any atom is -0.381 e. The Kier molecular flexibility index (Phi) is 2.50. The van der Waals surface area contributed by atoms with Gasteiger partial charge in [-0.1, -0.05) is 13.8 Å². The molecule has 66 valence electrons. The Morgan fingerprint density at radius 3 is 2.27 bits per heavy atom. The summed E-state index contributed by atoms with van der Waals surface area (Å²) < 4.78 is 5.40. The van der Waals surface area contributed by atoms with Gasteiger partial charge in [0, 0.05) is 17.9 Å². The fraction of sp³-hybridized carbons (Fsp3) is 1.00. The van der Waals surface area contributed by atoms with Crippen molar-refractivity contribution in [1.29, 1.82) is 0 Å². The standard InChI is InChI=1S/C9H17ClO/c1-4-11-7-9(6-10)5-8(9,2)3/h4-7H2,1-3H3. The predicted molar refractivity (Wildman–Crippen MR) is 48.0 cm³/mol. The van der Waals surface area contributed by atoms with E-state index in [1.54, 1.807) is 0 Å². The molecule has 1 nitrogen and oxygen atoms in total. The van der Waals surface area contributed by atoms with Gasteiger partial charge in [-0.25, -0.2) is 0 Å². The van der Waals surface area contributed by atoms with Crippen molar-refractivity contribution in [2.24, 2.45) is 10.8 Å². The van der Waals surface area contributed by atoms with Gasteiger partial charge in [0.15, 0.2) is 0 Å². The molecule has 0 spiro atoms. The molecule has 0 bridgehead atoms. The molecular formula is C9H17ClO. The topological polar surface area (TPSA) is 9.23 Å². The number of hydrogen-bond acceptors (Lipinski definition) is 1. The quantitative estimate of drug-likeness (QED) is 0.599. The Labute approximate surface area is 74.1 Å². The summed E-state index contributed by atoms with van der Waals surface area (Å²) in [6, 6.07) is 0. The van der Waals surface area contributed by atoms with E-state index in [0.29, 0.717) is 5.41 Å². The summed E-state index contributed by atoms with van der Waals surface area (Å²) in [5.74, 6) is 0.736. The number of alkyl halides is 1. The second-order valence-corrected chi connectivity index (χ2v) is 4.38. The van der Waals surface area contributed by atoms with E-state index in [0.717, 1.165) is 19.1 Å². The van der Waals surface area contributed by atoms with Crippen LogP contribution in [0, 0.1) is 10.8 Å². The lowest BCUT2D eigenvalue weighted by Gasteiger charge is -2.16. The Morgan fingerprint density at radius 2 is 2.00 bits per heavy atom. The molecule has 0 aromatic carbocycles. The zero-order valence-corrected chi connectivity index (χ0v) is 8.37. The molecule has 1 atom stereocenters. The molecule has 0 aromatic heterocycles. The largest absolute Gasteiger partial charge is 0.381 e. The van der Waals surface area contributed by atoms with E-state index in [2.05, 4.69) is 13.8 Å². The summed E-state index contributed by atoms with van der Waals surface area (Å²) >= 11 is 5.90. The average molecular weight is 177 g/mol. The van der Waals surface area contributed by atoms with Crippen LogP contribution < -0.4 is 0 Å². The summed E-state index contributed by atoms with van der Waals surface area (Å²) in [6.45, 7) is 8.18. The van der Waals surface area contributed by atoms with Crippen LogP contribution in [0.15, 0.2) is 0 Å². The molecule has 11 heavy (non-hydrogen) atoms. The Morgan fingerprint density at radius 1 is 1.45 bits per heavy atom. The van der Waals surface area contributed by atoms with Crippen molar-refractivity contribution in [3.8, 4) is 0 Å². The third-order valence-electron chi connectivity index (χ3n) is 2.93. The highest BCUT2D eigenvalue weighted by atomic mass is 35.5. The second-order valence-electron chi connectivity index (χ2n) is 4.11. The maximum atomic E-state index is 5.90. The van der Waals surface area contributed by atoms with Gasteiger partial charge >= 0.3 is 0 Å². The highest BCUT2D eigenvalue weighted by Crippen LogP contribution is 2.63. The fourth-order valence-electron chi connectivity index (χ4n) is 1.61. The van der Waals surface area contributed by atoms with Gasteiger partial charge < -0.3 is 4.74 Å². The van der Waals surface area contributed by atoms with Crippen molar-refractivity contribution < 1.29 is 4.74 Å². The van der Waals surface area contributed by atoms with Gasteiger partial charge in [0.05, 0.1) is 6.61 Å². The lowest BCUT2D eigenvalue weighted by molar-refractivity contribution is 0.0945. The molecular weight excluding hydrogens is 160 g/mol. The van der Waals surface area contributed by atoms with Crippen LogP contribution in [0.25, 0.3) is 0 Å². The van der Waals surface area contributed by atoms with Crippen LogP contribution in [0.3, 0.4) is 0 Å². The molecule has 1 unspecified atom stereocenters. The van der Waals surface area contributed by atoms with Crippen LogP contribution in [-0.2, 0) is 4.74 Å². The SMILES string of the molecule is CCOCC1(CCl)CC1(C)C. The third-order valence-corrected chi connectivity index (χ3v) is 3.44. The van der Waals surface area contributed by atoms with E-state index in [-0.39, 0.29) is 5.41 Å². The van der Waals surface area contributed by atoms with E-state index in [9.17, 15) is 0 Å². The molecule has 0 aliphatic heterocycles. The molecule has 0 radical (unpaired) electrons. The molecule has 1 rings (SSSR count). The van der Waals surface area contributed by atoms with Gasteiger partial charge in [0.2, 0.25) is 0 Å². The minimum atomic E-state index is 0.282. The Hall–Kier alpha value is 0.250. The molecule has 0 saturated heterocycles. The maximum Gasteiger partial charge on any atom is 0.0539 e. The molecule has 0 heterocycles. The van der Waals surface area contributed by atoms with Crippen LogP contribution in [0.1, 0.15) is 27.2 Å². The summed E-state index contributed by atoms with van der Waals surface area (Å²) in [6.07, 6.45) is 1.21. The van der Waals surface area contributed by atoms with Crippen molar-refractivity contribution in [2.75, 3.05) is 19.1 Å². The number of ether oxygens (including phenoxy) is 1. The van der Waals surface area contributed by atoms with Gasteiger partial charge in [0.1, 0.15) is 0 Å². The van der Waals surface area contributed by atoms with E-state index < -0.39 is 0 Å². The van der Waals surface area contributed by atoms with Gasteiger partial charge in [0.25, 0.3) is 0 Å². The molecule has 1 aliphatic rings. The lowest BCUT2D eigenvalue weighted by Crippen LogP contribution is -2.18. The minimum absolute atomic E-state index is 0.282. The number of halogens is 1. The van der Waals surface area contributed by atoms with Gasteiger partial charge in [-0.2, -0.15) is 0 Å². The van der Waals surface area contributed by atoms with Crippen LogP contribution in [0.2, 0.25) is 0 Å². The van der Waals surface area contributed by atoms with Crippen LogP contribution in [0.4, 0.5) is 0 Å². The van der Waals surface area contributed by atoms with E-state index >= 15 is 0 Å². The van der Waals surface area contributed by atoms with Gasteiger partial charge in [-0.3, -0.25) is 0 Å². The number of hydrogen-bond donors (Lipinski definition) is 0. The number of rotatable bonds is 4. The summed E-state index contributed by atoms with van der Waals surface area (Å²) in [4.78, 5) is 0. The summed E-state index contributed by atoms with van der Waals surface area (Å²) in [7, 11) is 0. The average Bonchev–Trinajstić information content (AvgIpc) is 2.50. The van der Waals surface area contributed by atoms with Crippen LogP contribution in [-0.4, -0.2) is 19.1 Å². The Balaban J connectivity index is 2.40. The first-order chi connectivity index (χ1) is 5.08. The lowest BCUT2D eigenvalue weighted by atomic mass is 9.99. The first-order valence-corrected chi connectivity index (χ1v) is 4.75. The summed E-state index contributed by atoms with van der Waals surface area (Å²) in [5.41, 5.74) is 0.689. The molecule has 1 fully saturated rings. The van der Waals surface area contributed by atoms with E-state index in [4.69, 9.17) is 16.3 Å². The molecule has 1 saturated carbocycles. The highest BCUT2D eigenvalue weighted by Gasteiger charge is 2.60. The zero-order valence-electron chi connectivity index (χ0n) is 7.61. The monoisotopic (exact) mass is 176 g/mol. The third kappa shape index (κ3) is 1.54. The predicted octanol–water partition coefficient (Wildman–Crippen LogP) is 2.68. The van der Waals surface area contributed by atoms with E-state index in [1.165, 1.54) is 6.42 Å². The van der Waals surface area contributed by atoms with Gasteiger partial charge in [-0.05, 0) is 18.8 Å². The molecule has 0 N–H and O–H groups in total. The smallest absolute Gasteiger partial charge is 0.0539 e. The fourth-order valence-corrected chi connectivity index (χ4v) is 2.15. The van der Waals surface area contributed by atoms with Crippen LogP contribution >= 0.6 is 11.6 Å². The van der Waals surface area contributed by atoms with Crippen molar-refractivity contribution in [3.63, 3.8) is 0 Å². The first kappa shape index (κ1) is 9.34. The normalized spacial score (nSPS) is 33.8. The highest BCUT2D eigenvalue weighted by molar-refractivity contribution is 6.18.